The van der Waals surface area contributed by atoms with E-state index in [0.29, 0.717) is 0 Å². The van der Waals surface area contributed by atoms with Gasteiger partial charge < -0.3 is 15.1 Å². The lowest BCUT2D eigenvalue weighted by molar-refractivity contribution is 0.209. The maximum absolute atomic E-state index is 3.22. The van der Waals surface area contributed by atoms with Crippen LogP contribution in [0.3, 0.4) is 0 Å². The van der Waals surface area contributed by atoms with Crippen molar-refractivity contribution in [2.24, 2.45) is 0 Å². The van der Waals surface area contributed by atoms with Crippen LogP contribution in [0.1, 0.15) is 12.8 Å². The maximum Gasteiger partial charge on any atom is 0.0366 e. The summed E-state index contributed by atoms with van der Waals surface area (Å²) in [6.07, 6.45) is 2.55. The third kappa shape index (κ3) is 3.47. The van der Waals surface area contributed by atoms with Gasteiger partial charge in [0.15, 0.2) is 0 Å². The fourth-order valence-electron chi connectivity index (χ4n) is 2.67. The molecule has 0 spiro atoms. The number of nitrogens with zero attached hydrogens (tertiary/aromatic N) is 2. The van der Waals surface area contributed by atoms with Gasteiger partial charge in [0.2, 0.25) is 0 Å². The minimum absolute atomic E-state index is 0.748. The Balaban J connectivity index is 1.81. The molecule has 0 aromatic heterocycles. The van der Waals surface area contributed by atoms with Crippen molar-refractivity contribution < 1.29 is 0 Å². The van der Waals surface area contributed by atoms with E-state index in [0.717, 1.165) is 19.1 Å². The van der Waals surface area contributed by atoms with Gasteiger partial charge in [0, 0.05) is 37.9 Å². The van der Waals surface area contributed by atoms with Gasteiger partial charge in [-0.1, -0.05) is 18.2 Å². The van der Waals surface area contributed by atoms with Gasteiger partial charge in [-0.25, -0.2) is 0 Å². The highest BCUT2D eigenvalue weighted by atomic mass is 15.2. The van der Waals surface area contributed by atoms with E-state index in [1.165, 1.54) is 31.6 Å². The highest BCUT2D eigenvalue weighted by molar-refractivity contribution is 5.46. The lowest BCUT2D eigenvalue weighted by Gasteiger charge is -2.37. The molecule has 0 aliphatic carbocycles. The zero-order chi connectivity index (χ0) is 12.8. The van der Waals surface area contributed by atoms with Crippen LogP contribution in [0.2, 0.25) is 0 Å². The normalized spacial score (nSPS) is 17.4. The second kappa shape index (κ2) is 6.76. The van der Waals surface area contributed by atoms with Gasteiger partial charge in [0.05, 0.1) is 0 Å². The van der Waals surface area contributed by atoms with Crippen molar-refractivity contribution in [3.05, 3.63) is 30.3 Å². The minimum atomic E-state index is 0.748. The first kappa shape index (κ1) is 13.4. The quantitative estimate of drug-likeness (QED) is 0.856. The van der Waals surface area contributed by atoms with Crippen LogP contribution in [0.15, 0.2) is 30.3 Å². The number of nitrogens with one attached hydrogen (secondary N) is 1. The van der Waals surface area contributed by atoms with Gasteiger partial charge in [-0.3, -0.25) is 0 Å². The molecule has 1 N–H and O–H groups in total. The smallest absolute Gasteiger partial charge is 0.0366 e. The van der Waals surface area contributed by atoms with Crippen molar-refractivity contribution in [1.82, 2.24) is 10.2 Å². The monoisotopic (exact) mass is 247 g/mol. The number of para-hydroxylation sites is 1. The molecular formula is C15H25N3. The Morgan fingerprint density at radius 3 is 2.50 bits per heavy atom. The van der Waals surface area contributed by atoms with Gasteiger partial charge in [0.25, 0.3) is 0 Å². The van der Waals surface area contributed by atoms with E-state index in [2.05, 4.69) is 52.5 Å². The average Bonchev–Trinajstić information content (AvgIpc) is 2.46. The van der Waals surface area contributed by atoms with Crippen molar-refractivity contribution in [3.63, 3.8) is 0 Å². The van der Waals surface area contributed by atoms with Crippen molar-refractivity contribution >= 4 is 5.69 Å². The van der Waals surface area contributed by atoms with Crippen LogP contribution in [0.5, 0.6) is 0 Å². The SMILES string of the molecule is CNCCN(C)C1CCN(c2ccccc2)CC1. The average molecular weight is 247 g/mol. The molecule has 1 saturated heterocycles. The van der Waals surface area contributed by atoms with Crippen LogP contribution >= 0.6 is 0 Å². The molecule has 3 heteroatoms. The van der Waals surface area contributed by atoms with Crippen LogP contribution in [0, 0.1) is 0 Å². The molecule has 0 unspecified atom stereocenters. The molecule has 1 aliphatic rings. The molecule has 1 aromatic carbocycles. The predicted octanol–water partition coefficient (Wildman–Crippen LogP) is 1.81. The Morgan fingerprint density at radius 2 is 1.89 bits per heavy atom. The molecule has 1 aromatic rings. The van der Waals surface area contributed by atoms with Gasteiger partial charge in [-0.15, -0.1) is 0 Å². The Kier molecular flexibility index (Phi) is 5.02. The first-order chi connectivity index (χ1) is 8.81. The number of rotatable bonds is 5. The highest BCUT2D eigenvalue weighted by Crippen LogP contribution is 2.21. The summed E-state index contributed by atoms with van der Waals surface area (Å²) in [6, 6.07) is 11.5. The van der Waals surface area contributed by atoms with E-state index in [1.807, 2.05) is 7.05 Å². The molecular weight excluding hydrogens is 222 g/mol. The summed E-state index contributed by atoms with van der Waals surface area (Å²) < 4.78 is 0. The predicted molar refractivity (Wildman–Crippen MR) is 78.2 cm³/mol. The van der Waals surface area contributed by atoms with Crippen LogP contribution in [0.4, 0.5) is 5.69 Å². The van der Waals surface area contributed by atoms with E-state index in [1.54, 1.807) is 0 Å². The zero-order valence-corrected chi connectivity index (χ0v) is 11.6. The van der Waals surface area contributed by atoms with E-state index in [4.69, 9.17) is 0 Å². The third-order valence-corrected chi connectivity index (χ3v) is 3.92. The Bertz CT molecular complexity index is 331. The Morgan fingerprint density at radius 1 is 1.22 bits per heavy atom. The molecule has 100 valence electrons. The summed E-state index contributed by atoms with van der Waals surface area (Å²) in [6.45, 7) is 4.58. The summed E-state index contributed by atoms with van der Waals surface area (Å²) in [5, 5.41) is 3.22. The van der Waals surface area contributed by atoms with E-state index < -0.39 is 0 Å². The number of piperidine rings is 1. The third-order valence-electron chi connectivity index (χ3n) is 3.92. The van der Waals surface area contributed by atoms with Crippen molar-refractivity contribution in [2.45, 2.75) is 18.9 Å². The molecule has 1 fully saturated rings. The lowest BCUT2D eigenvalue weighted by Crippen LogP contribution is -2.45. The topological polar surface area (TPSA) is 18.5 Å². The van der Waals surface area contributed by atoms with Gasteiger partial charge in [-0.2, -0.15) is 0 Å². The van der Waals surface area contributed by atoms with Crippen LogP contribution in [-0.2, 0) is 0 Å². The van der Waals surface area contributed by atoms with E-state index in [-0.39, 0.29) is 0 Å². The number of hydrogen-bond donors (Lipinski definition) is 1. The zero-order valence-electron chi connectivity index (χ0n) is 11.6. The number of benzene rings is 1. The summed E-state index contributed by atoms with van der Waals surface area (Å²) in [5.74, 6) is 0. The van der Waals surface area contributed by atoms with Gasteiger partial charge >= 0.3 is 0 Å². The largest absolute Gasteiger partial charge is 0.371 e. The molecule has 0 amide bonds. The van der Waals surface area contributed by atoms with Crippen LogP contribution in [-0.4, -0.2) is 51.2 Å². The summed E-state index contributed by atoms with van der Waals surface area (Å²) in [5.41, 5.74) is 1.37. The lowest BCUT2D eigenvalue weighted by atomic mass is 10.0. The molecule has 0 radical (unpaired) electrons. The first-order valence-electron chi connectivity index (χ1n) is 6.96. The fourth-order valence-corrected chi connectivity index (χ4v) is 2.67. The molecule has 0 saturated carbocycles. The maximum atomic E-state index is 3.22. The Hall–Kier alpha value is -1.06. The van der Waals surface area contributed by atoms with Crippen LogP contribution < -0.4 is 10.2 Å². The van der Waals surface area contributed by atoms with Crippen LogP contribution in [0.25, 0.3) is 0 Å². The van der Waals surface area contributed by atoms with Gasteiger partial charge in [0.1, 0.15) is 0 Å². The number of hydrogen-bond acceptors (Lipinski definition) is 3. The molecule has 2 rings (SSSR count). The summed E-state index contributed by atoms with van der Waals surface area (Å²) >= 11 is 0. The molecule has 3 nitrogen and oxygen atoms in total. The first-order valence-corrected chi connectivity index (χ1v) is 6.96. The van der Waals surface area contributed by atoms with E-state index in [9.17, 15) is 0 Å². The van der Waals surface area contributed by atoms with Crippen molar-refractivity contribution in [1.29, 1.82) is 0 Å². The molecule has 1 aliphatic heterocycles. The van der Waals surface area contributed by atoms with E-state index >= 15 is 0 Å². The number of anilines is 1. The minimum Gasteiger partial charge on any atom is -0.371 e. The fraction of sp³-hybridized carbons (Fsp3) is 0.600. The van der Waals surface area contributed by atoms with Crippen molar-refractivity contribution in [2.75, 3.05) is 45.2 Å². The molecule has 18 heavy (non-hydrogen) atoms. The second-order valence-corrected chi connectivity index (χ2v) is 5.14. The second-order valence-electron chi connectivity index (χ2n) is 5.14. The van der Waals surface area contributed by atoms with Gasteiger partial charge in [-0.05, 0) is 39.1 Å². The molecule has 0 bridgehead atoms. The summed E-state index contributed by atoms with van der Waals surface area (Å²) in [4.78, 5) is 5.00. The molecule has 0 atom stereocenters. The molecule has 1 heterocycles. The highest BCUT2D eigenvalue weighted by Gasteiger charge is 2.21. The number of likely N-dealkylation sites (N-methyl/N-ethyl adjacent to an activating group) is 2. The van der Waals surface area contributed by atoms with Crippen molar-refractivity contribution in [3.8, 4) is 0 Å². The Labute approximate surface area is 111 Å². The standard InChI is InChI=1S/C15H25N3/c1-16-10-13-17(2)14-8-11-18(12-9-14)15-6-4-3-5-7-15/h3-7,14,16H,8-13H2,1-2H3. The summed E-state index contributed by atoms with van der Waals surface area (Å²) in [7, 11) is 4.27.